The third-order valence-corrected chi connectivity index (χ3v) is 6.29. The van der Waals surface area contributed by atoms with E-state index in [9.17, 15) is 4.79 Å². The van der Waals surface area contributed by atoms with Gasteiger partial charge in [0.1, 0.15) is 0 Å². The lowest BCUT2D eigenvalue weighted by molar-refractivity contribution is -0.131. The molecule has 0 radical (unpaired) electrons. The van der Waals surface area contributed by atoms with Crippen LogP contribution in [0.3, 0.4) is 0 Å². The van der Waals surface area contributed by atoms with Gasteiger partial charge in [0.15, 0.2) is 23.0 Å². The average Bonchev–Trinajstić information content (AvgIpc) is 3.52. The van der Waals surface area contributed by atoms with E-state index in [-0.39, 0.29) is 19.5 Å². The normalized spacial score (nSPS) is 19.1. The van der Waals surface area contributed by atoms with E-state index < -0.39 is 0 Å². The van der Waals surface area contributed by atoms with Gasteiger partial charge in [-0.25, -0.2) is 0 Å². The summed E-state index contributed by atoms with van der Waals surface area (Å²) in [7, 11) is 0. The molecule has 3 aliphatic rings. The number of carbonyl (C=O) groups is 1. The molecule has 1 saturated heterocycles. The molecule has 0 aromatic heterocycles. The number of benzene rings is 2. The Morgan fingerprint density at radius 2 is 1.61 bits per heavy atom. The summed E-state index contributed by atoms with van der Waals surface area (Å²) in [6.45, 7) is 6.07. The Morgan fingerprint density at radius 1 is 0.968 bits per heavy atom. The summed E-state index contributed by atoms with van der Waals surface area (Å²) >= 11 is 0. The first-order valence-electron chi connectivity index (χ1n) is 11.0. The van der Waals surface area contributed by atoms with Crippen LogP contribution < -0.4 is 18.9 Å². The number of amides is 1. The molecule has 0 bridgehead atoms. The number of hydrogen-bond acceptors (Lipinski definition) is 6. The lowest BCUT2D eigenvalue weighted by Gasteiger charge is -2.30. The fourth-order valence-electron chi connectivity index (χ4n) is 4.62. The lowest BCUT2D eigenvalue weighted by Crippen LogP contribution is -2.43. The molecule has 0 N–H and O–H groups in total. The van der Waals surface area contributed by atoms with Crippen LogP contribution >= 0.6 is 0 Å². The molecule has 2 aromatic rings. The molecule has 1 atom stereocenters. The van der Waals surface area contributed by atoms with Crippen LogP contribution in [-0.2, 0) is 17.8 Å². The second kappa shape index (κ2) is 8.67. The molecule has 3 heterocycles. The van der Waals surface area contributed by atoms with Crippen LogP contribution in [0.2, 0.25) is 0 Å². The van der Waals surface area contributed by atoms with Crippen LogP contribution in [0.25, 0.3) is 0 Å². The van der Waals surface area contributed by atoms with Gasteiger partial charge in [-0.2, -0.15) is 0 Å². The van der Waals surface area contributed by atoms with Crippen molar-refractivity contribution in [2.24, 2.45) is 0 Å². The van der Waals surface area contributed by atoms with E-state index in [0.717, 1.165) is 54.4 Å². The first kappa shape index (κ1) is 20.0. The standard InChI is InChI=1S/C24H28N2O5/c1-2-25-9-3-4-19(25)14-26(13-18-6-8-21-23(11-18)31-16-29-21)24(27)12-17-5-7-20-22(10-17)30-15-28-20/h5-8,10-11,19H,2-4,9,12-16H2,1H3/t19-/m0/s1. The summed E-state index contributed by atoms with van der Waals surface area (Å²) < 4.78 is 21.8. The Bertz CT molecular complexity index is 963. The van der Waals surface area contributed by atoms with Crippen LogP contribution in [0.1, 0.15) is 30.9 Å². The zero-order valence-corrected chi connectivity index (χ0v) is 17.8. The highest BCUT2D eigenvalue weighted by molar-refractivity contribution is 5.79. The number of hydrogen-bond donors (Lipinski definition) is 0. The topological polar surface area (TPSA) is 60.5 Å². The fraction of sp³-hybridized carbons (Fsp3) is 0.458. The third-order valence-electron chi connectivity index (χ3n) is 6.29. The summed E-state index contributed by atoms with van der Waals surface area (Å²) in [5, 5.41) is 0. The van der Waals surface area contributed by atoms with E-state index in [1.165, 1.54) is 6.42 Å². The monoisotopic (exact) mass is 424 g/mol. The molecule has 31 heavy (non-hydrogen) atoms. The quantitative estimate of drug-likeness (QED) is 0.680. The molecule has 3 aliphatic heterocycles. The van der Waals surface area contributed by atoms with E-state index in [0.29, 0.717) is 24.8 Å². The number of likely N-dealkylation sites (N-methyl/N-ethyl adjacent to an activating group) is 1. The number of nitrogens with zero attached hydrogens (tertiary/aromatic N) is 2. The van der Waals surface area contributed by atoms with Crippen molar-refractivity contribution >= 4 is 5.91 Å². The number of ether oxygens (including phenoxy) is 4. The second-order valence-electron chi connectivity index (χ2n) is 8.25. The summed E-state index contributed by atoms with van der Waals surface area (Å²) in [4.78, 5) is 17.9. The van der Waals surface area contributed by atoms with Crippen LogP contribution in [0.5, 0.6) is 23.0 Å². The Morgan fingerprint density at radius 3 is 2.32 bits per heavy atom. The van der Waals surface area contributed by atoms with Crippen LogP contribution in [-0.4, -0.2) is 55.0 Å². The molecule has 2 aromatic carbocycles. The van der Waals surface area contributed by atoms with Gasteiger partial charge in [-0.1, -0.05) is 19.1 Å². The largest absolute Gasteiger partial charge is 0.454 e. The minimum absolute atomic E-state index is 0.111. The second-order valence-corrected chi connectivity index (χ2v) is 8.25. The smallest absolute Gasteiger partial charge is 0.231 e. The van der Waals surface area contributed by atoms with Gasteiger partial charge in [-0.15, -0.1) is 0 Å². The van der Waals surface area contributed by atoms with E-state index in [2.05, 4.69) is 11.8 Å². The van der Waals surface area contributed by atoms with E-state index in [4.69, 9.17) is 18.9 Å². The van der Waals surface area contributed by atoms with E-state index in [1.54, 1.807) is 0 Å². The van der Waals surface area contributed by atoms with Gasteiger partial charge < -0.3 is 23.8 Å². The van der Waals surface area contributed by atoms with Crippen molar-refractivity contribution in [3.8, 4) is 23.0 Å². The Kier molecular flexibility index (Phi) is 5.59. The fourth-order valence-corrected chi connectivity index (χ4v) is 4.62. The SMILES string of the molecule is CCN1CCC[C@H]1CN(Cc1ccc2c(c1)OCO2)C(=O)Cc1ccc2c(c1)OCO2. The van der Waals surface area contributed by atoms with Gasteiger partial charge in [0.05, 0.1) is 6.42 Å². The zero-order chi connectivity index (χ0) is 21.2. The first-order chi connectivity index (χ1) is 15.2. The lowest BCUT2D eigenvalue weighted by atomic mass is 10.1. The summed E-state index contributed by atoms with van der Waals surface area (Å²) in [6.07, 6.45) is 2.65. The Labute approximate surface area is 182 Å². The van der Waals surface area contributed by atoms with Crippen LogP contribution in [0, 0.1) is 0 Å². The van der Waals surface area contributed by atoms with Crippen molar-refractivity contribution in [2.75, 3.05) is 33.2 Å². The van der Waals surface area contributed by atoms with Crippen molar-refractivity contribution < 1.29 is 23.7 Å². The molecule has 1 amide bonds. The van der Waals surface area contributed by atoms with Gasteiger partial charge in [0, 0.05) is 19.1 Å². The predicted octanol–water partition coefficient (Wildman–Crippen LogP) is 3.20. The molecule has 0 unspecified atom stereocenters. The van der Waals surface area contributed by atoms with Crippen molar-refractivity contribution in [1.29, 1.82) is 0 Å². The maximum absolute atomic E-state index is 13.4. The van der Waals surface area contributed by atoms with Crippen molar-refractivity contribution in [3.63, 3.8) is 0 Å². The average molecular weight is 424 g/mol. The van der Waals surface area contributed by atoms with Crippen molar-refractivity contribution in [1.82, 2.24) is 9.80 Å². The molecular formula is C24H28N2O5. The Hall–Kier alpha value is -2.93. The van der Waals surface area contributed by atoms with Gasteiger partial charge in [-0.05, 0) is 61.3 Å². The predicted molar refractivity (Wildman–Crippen MR) is 115 cm³/mol. The molecule has 0 spiro atoms. The Balaban J connectivity index is 1.34. The maximum atomic E-state index is 13.4. The number of likely N-dealkylation sites (tertiary alicyclic amines) is 1. The summed E-state index contributed by atoms with van der Waals surface area (Å²) in [6, 6.07) is 12.1. The molecule has 7 nitrogen and oxygen atoms in total. The minimum atomic E-state index is 0.111. The number of carbonyl (C=O) groups excluding carboxylic acids is 1. The van der Waals surface area contributed by atoms with Crippen molar-refractivity contribution in [2.45, 2.75) is 38.8 Å². The van der Waals surface area contributed by atoms with E-state index >= 15 is 0 Å². The summed E-state index contributed by atoms with van der Waals surface area (Å²) in [5.74, 6) is 3.06. The van der Waals surface area contributed by atoms with Crippen LogP contribution in [0.15, 0.2) is 36.4 Å². The molecule has 7 heteroatoms. The molecule has 0 saturated carbocycles. The maximum Gasteiger partial charge on any atom is 0.231 e. The zero-order valence-electron chi connectivity index (χ0n) is 17.8. The molecule has 164 valence electrons. The van der Waals surface area contributed by atoms with Gasteiger partial charge in [0.25, 0.3) is 0 Å². The number of rotatable bonds is 7. The van der Waals surface area contributed by atoms with Crippen LogP contribution in [0.4, 0.5) is 0 Å². The van der Waals surface area contributed by atoms with E-state index in [1.807, 2.05) is 41.3 Å². The molecular weight excluding hydrogens is 396 g/mol. The minimum Gasteiger partial charge on any atom is -0.454 e. The third kappa shape index (κ3) is 4.28. The first-order valence-corrected chi connectivity index (χ1v) is 11.0. The molecule has 5 rings (SSSR count). The highest BCUT2D eigenvalue weighted by atomic mass is 16.7. The van der Waals surface area contributed by atoms with Gasteiger partial charge in [0.2, 0.25) is 19.5 Å². The summed E-state index contributed by atoms with van der Waals surface area (Å²) in [5.41, 5.74) is 1.98. The number of fused-ring (bicyclic) bond motifs is 2. The van der Waals surface area contributed by atoms with Gasteiger partial charge in [-0.3, -0.25) is 9.69 Å². The molecule has 1 fully saturated rings. The molecule has 0 aliphatic carbocycles. The highest BCUT2D eigenvalue weighted by Gasteiger charge is 2.28. The highest BCUT2D eigenvalue weighted by Crippen LogP contribution is 2.34. The van der Waals surface area contributed by atoms with Crippen molar-refractivity contribution in [3.05, 3.63) is 47.5 Å². The van der Waals surface area contributed by atoms with Gasteiger partial charge >= 0.3 is 0 Å².